The molecule has 2 N–H and O–H groups in total. The molecule has 0 aromatic rings. The second-order valence-electron chi connectivity index (χ2n) is 8.38. The fourth-order valence-electron chi connectivity index (χ4n) is 5.61. The fraction of sp³-hybridized carbons (Fsp3) is 1.00. The molecule has 4 fully saturated rings. The Bertz CT molecular complexity index is 409. The number of likely N-dealkylation sites (tertiary alicyclic amines) is 1. The second kappa shape index (κ2) is 5.44. The summed E-state index contributed by atoms with van der Waals surface area (Å²) in [6, 6.07) is 0.626. The average molecular weight is 308 g/mol. The Kier molecular flexibility index (Phi) is 3.80. The van der Waals surface area contributed by atoms with Gasteiger partial charge in [0.1, 0.15) is 0 Å². The van der Waals surface area contributed by atoms with Crippen molar-refractivity contribution in [1.82, 2.24) is 10.2 Å². The summed E-state index contributed by atoms with van der Waals surface area (Å²) in [5.41, 5.74) is 0.0672. The summed E-state index contributed by atoms with van der Waals surface area (Å²) in [4.78, 5) is 2.61. The lowest BCUT2D eigenvalue weighted by molar-refractivity contribution is -0.109. The minimum atomic E-state index is -0.481. The molecule has 126 valence electrons. The summed E-state index contributed by atoms with van der Waals surface area (Å²) in [6.07, 6.45) is 10.8. The molecule has 0 amide bonds. The highest BCUT2D eigenvalue weighted by Gasteiger charge is 2.59. The first-order valence-corrected chi connectivity index (χ1v) is 9.35. The van der Waals surface area contributed by atoms with Gasteiger partial charge < -0.3 is 15.2 Å². The van der Waals surface area contributed by atoms with Crippen LogP contribution in [0.25, 0.3) is 0 Å². The van der Waals surface area contributed by atoms with Crippen molar-refractivity contribution >= 4 is 0 Å². The maximum atomic E-state index is 11.1. The van der Waals surface area contributed by atoms with Crippen LogP contribution in [0.4, 0.5) is 0 Å². The second-order valence-corrected chi connectivity index (χ2v) is 8.38. The molecule has 4 nitrogen and oxygen atoms in total. The van der Waals surface area contributed by atoms with E-state index in [-0.39, 0.29) is 5.41 Å². The van der Waals surface area contributed by atoms with Gasteiger partial charge in [-0.15, -0.1) is 0 Å². The topological polar surface area (TPSA) is 44.7 Å². The Morgan fingerprint density at radius 1 is 1.09 bits per heavy atom. The Labute approximate surface area is 134 Å². The van der Waals surface area contributed by atoms with Crippen LogP contribution in [-0.2, 0) is 4.74 Å². The lowest BCUT2D eigenvalue weighted by Crippen LogP contribution is -2.56. The van der Waals surface area contributed by atoms with Gasteiger partial charge in [0, 0.05) is 49.6 Å². The van der Waals surface area contributed by atoms with Crippen molar-refractivity contribution in [3.8, 4) is 0 Å². The van der Waals surface area contributed by atoms with Gasteiger partial charge >= 0.3 is 0 Å². The highest BCUT2D eigenvalue weighted by Crippen LogP contribution is 2.57. The molecule has 1 unspecified atom stereocenters. The zero-order chi connectivity index (χ0) is 15.3. The number of rotatable bonds is 4. The fourth-order valence-corrected chi connectivity index (χ4v) is 5.61. The summed E-state index contributed by atoms with van der Waals surface area (Å²) >= 11 is 0. The van der Waals surface area contributed by atoms with Gasteiger partial charge in [-0.2, -0.15) is 0 Å². The molecule has 2 aliphatic carbocycles. The first kappa shape index (κ1) is 15.4. The summed E-state index contributed by atoms with van der Waals surface area (Å²) in [6.45, 7) is 3.69. The third-order valence-electron chi connectivity index (χ3n) is 7.48. The largest absolute Gasteiger partial charge is 0.389 e. The highest BCUT2D eigenvalue weighted by molar-refractivity contribution is 5.13. The van der Waals surface area contributed by atoms with E-state index in [2.05, 4.69) is 17.3 Å². The number of hydrogen-bond donors (Lipinski definition) is 2. The summed E-state index contributed by atoms with van der Waals surface area (Å²) < 4.78 is 5.47. The van der Waals surface area contributed by atoms with Crippen LogP contribution in [0.5, 0.6) is 0 Å². The normalized spacial score (nSPS) is 36.0. The number of nitrogens with zero attached hydrogens (tertiary/aromatic N) is 1. The van der Waals surface area contributed by atoms with Gasteiger partial charge in [0.05, 0.1) is 5.60 Å². The maximum absolute atomic E-state index is 11.1. The number of hydrogen-bond acceptors (Lipinski definition) is 4. The molecule has 2 aliphatic heterocycles. The van der Waals surface area contributed by atoms with E-state index in [9.17, 15) is 5.11 Å². The number of likely N-dealkylation sites (N-methyl/N-ethyl adjacent to an activating group) is 1. The van der Waals surface area contributed by atoms with Crippen LogP contribution in [0.3, 0.4) is 0 Å². The number of aliphatic hydroxyl groups is 1. The SMILES string of the molecule is CN1CCC(NCC2(C3(O)CCOCC3)CC2)C12CCCC2. The molecular formula is C18H32N2O2. The van der Waals surface area contributed by atoms with Crippen LogP contribution < -0.4 is 5.32 Å². The van der Waals surface area contributed by atoms with Crippen molar-refractivity contribution in [2.24, 2.45) is 5.41 Å². The molecular weight excluding hydrogens is 276 g/mol. The van der Waals surface area contributed by atoms with Gasteiger partial charge in [-0.05, 0) is 45.7 Å². The monoisotopic (exact) mass is 308 g/mol. The van der Waals surface area contributed by atoms with Gasteiger partial charge in [-0.25, -0.2) is 0 Å². The van der Waals surface area contributed by atoms with Crippen LogP contribution >= 0.6 is 0 Å². The molecule has 0 aromatic carbocycles. The standard InChI is InChI=1S/C18H32N2O2/c1-20-11-4-15(17(20)5-2-3-6-17)19-14-16(7-8-16)18(21)9-12-22-13-10-18/h15,19,21H,2-14H2,1H3. The molecule has 4 rings (SSSR count). The predicted molar refractivity (Wildman–Crippen MR) is 86.9 cm³/mol. The molecule has 0 radical (unpaired) electrons. The van der Waals surface area contributed by atoms with Gasteiger partial charge in [-0.3, -0.25) is 4.90 Å². The molecule has 4 aliphatic rings. The molecule has 22 heavy (non-hydrogen) atoms. The van der Waals surface area contributed by atoms with E-state index >= 15 is 0 Å². The van der Waals surface area contributed by atoms with Crippen molar-refractivity contribution in [1.29, 1.82) is 0 Å². The Morgan fingerprint density at radius 3 is 2.41 bits per heavy atom. The van der Waals surface area contributed by atoms with E-state index in [1.54, 1.807) is 0 Å². The van der Waals surface area contributed by atoms with Crippen molar-refractivity contribution < 1.29 is 9.84 Å². The third kappa shape index (κ3) is 2.26. The average Bonchev–Trinajstić information content (AvgIpc) is 3.07. The van der Waals surface area contributed by atoms with Crippen LogP contribution in [0, 0.1) is 5.41 Å². The zero-order valence-electron chi connectivity index (χ0n) is 14.1. The van der Waals surface area contributed by atoms with Crippen molar-refractivity contribution in [2.45, 2.75) is 75.0 Å². The van der Waals surface area contributed by atoms with E-state index in [1.165, 1.54) is 51.5 Å². The molecule has 4 heteroatoms. The molecule has 2 saturated heterocycles. The Hall–Kier alpha value is -0.160. The molecule has 1 atom stereocenters. The number of ether oxygens (including phenoxy) is 1. The van der Waals surface area contributed by atoms with Gasteiger partial charge in [0.25, 0.3) is 0 Å². The van der Waals surface area contributed by atoms with Gasteiger partial charge in [0.2, 0.25) is 0 Å². The quantitative estimate of drug-likeness (QED) is 0.833. The molecule has 0 bridgehead atoms. The maximum Gasteiger partial charge on any atom is 0.0759 e. The summed E-state index contributed by atoms with van der Waals surface area (Å²) in [5.74, 6) is 0. The molecule has 0 aromatic heterocycles. The summed E-state index contributed by atoms with van der Waals surface area (Å²) in [5, 5.41) is 15.0. The lowest BCUT2D eigenvalue weighted by atomic mass is 9.77. The van der Waals surface area contributed by atoms with E-state index in [0.29, 0.717) is 11.6 Å². The van der Waals surface area contributed by atoms with Crippen LogP contribution in [-0.4, -0.2) is 60.5 Å². The van der Waals surface area contributed by atoms with E-state index < -0.39 is 5.60 Å². The van der Waals surface area contributed by atoms with Gasteiger partial charge in [0.15, 0.2) is 0 Å². The smallest absolute Gasteiger partial charge is 0.0759 e. The molecule has 2 saturated carbocycles. The highest BCUT2D eigenvalue weighted by atomic mass is 16.5. The van der Waals surface area contributed by atoms with Crippen molar-refractivity contribution in [3.05, 3.63) is 0 Å². The van der Waals surface area contributed by atoms with Crippen molar-refractivity contribution in [2.75, 3.05) is 33.4 Å². The van der Waals surface area contributed by atoms with Crippen LogP contribution in [0.1, 0.15) is 57.8 Å². The molecule has 1 spiro atoms. The van der Waals surface area contributed by atoms with Gasteiger partial charge in [-0.1, -0.05) is 12.8 Å². The van der Waals surface area contributed by atoms with Crippen molar-refractivity contribution in [3.63, 3.8) is 0 Å². The summed E-state index contributed by atoms with van der Waals surface area (Å²) in [7, 11) is 2.31. The zero-order valence-corrected chi connectivity index (χ0v) is 14.1. The van der Waals surface area contributed by atoms with Crippen LogP contribution in [0.2, 0.25) is 0 Å². The first-order chi connectivity index (χ1) is 10.6. The van der Waals surface area contributed by atoms with E-state index in [4.69, 9.17) is 4.74 Å². The Balaban J connectivity index is 1.42. The van der Waals surface area contributed by atoms with E-state index in [1.807, 2.05) is 0 Å². The minimum Gasteiger partial charge on any atom is -0.389 e. The third-order valence-corrected chi connectivity index (χ3v) is 7.48. The minimum absolute atomic E-state index is 0.137. The Morgan fingerprint density at radius 2 is 1.77 bits per heavy atom. The first-order valence-electron chi connectivity index (χ1n) is 9.35. The van der Waals surface area contributed by atoms with E-state index in [0.717, 1.165) is 32.6 Å². The number of nitrogens with one attached hydrogen (secondary N) is 1. The predicted octanol–water partition coefficient (Wildman–Crippen LogP) is 1.91. The van der Waals surface area contributed by atoms with Crippen LogP contribution in [0.15, 0.2) is 0 Å². The molecule has 2 heterocycles. The lowest BCUT2D eigenvalue weighted by Gasteiger charge is -2.42.